The van der Waals surface area contributed by atoms with E-state index in [9.17, 15) is 33.1 Å². The van der Waals surface area contributed by atoms with E-state index in [0.29, 0.717) is 31.0 Å². The predicted octanol–water partition coefficient (Wildman–Crippen LogP) is -0.448. The minimum absolute atomic E-state index is 0.00869. The van der Waals surface area contributed by atoms with Crippen molar-refractivity contribution in [3.05, 3.63) is 10.6 Å². The molecular weight excluding hydrogens is 472 g/mol. The number of likely N-dealkylation sites (tertiary alicyclic amines) is 1. The Morgan fingerprint density at radius 3 is 2.62 bits per heavy atom. The van der Waals surface area contributed by atoms with E-state index < -0.39 is 42.2 Å². The van der Waals surface area contributed by atoms with Gasteiger partial charge in [-0.3, -0.25) is 14.4 Å². The summed E-state index contributed by atoms with van der Waals surface area (Å²) in [7, 11) is 0. The monoisotopic (exact) mass is 501 g/mol. The maximum Gasteiger partial charge on any atom is 0.353 e. The maximum atomic E-state index is 12.8. The highest BCUT2D eigenvalue weighted by atomic mass is 32.2. The van der Waals surface area contributed by atoms with Crippen molar-refractivity contribution in [1.29, 1.82) is 0 Å². The fourth-order valence-corrected chi connectivity index (χ4v) is 6.92. The number of halogens is 2. The standard InChI is InChI=1S/C21H29F2N5O5S/c1-8-14-13(9(2)26-18(29)17(22)23)20(31)28(14)15(21(32)33)16(8)34-11-5-12(25-6-11)19(30)27-4-3-10(24)7-27/h8-14,17,25H,3-7,24H2,1-2H3,(H,26,29)(H,32,33)/t8-,9-,10-,11+,12+,13-,14-/m1/s1. The lowest BCUT2D eigenvalue weighted by atomic mass is 9.78. The molecule has 0 unspecified atom stereocenters. The summed E-state index contributed by atoms with van der Waals surface area (Å²) in [6, 6.07) is -1.78. The Morgan fingerprint density at radius 2 is 2.03 bits per heavy atom. The van der Waals surface area contributed by atoms with E-state index in [1.54, 1.807) is 11.8 Å². The first-order chi connectivity index (χ1) is 16.0. The summed E-state index contributed by atoms with van der Waals surface area (Å²) >= 11 is 1.35. The van der Waals surface area contributed by atoms with Crippen LogP contribution < -0.4 is 16.4 Å². The number of nitrogens with zero attached hydrogens (tertiary/aromatic N) is 2. The number of alkyl halides is 2. The van der Waals surface area contributed by atoms with Gasteiger partial charge in [0, 0.05) is 47.8 Å². The molecule has 3 fully saturated rings. The van der Waals surface area contributed by atoms with Crippen LogP contribution in [0.4, 0.5) is 8.78 Å². The molecule has 0 spiro atoms. The van der Waals surface area contributed by atoms with Crippen molar-refractivity contribution < 1.29 is 33.1 Å². The van der Waals surface area contributed by atoms with Gasteiger partial charge in [0.2, 0.25) is 11.8 Å². The fraction of sp³-hybridized carbons (Fsp3) is 0.714. The molecular formula is C21H29F2N5O5S. The third-order valence-corrected chi connectivity index (χ3v) is 8.63. The number of carbonyl (C=O) groups excluding carboxylic acids is 3. The average molecular weight is 502 g/mol. The number of rotatable bonds is 7. The summed E-state index contributed by atoms with van der Waals surface area (Å²) in [6.45, 7) is 4.93. The third kappa shape index (κ3) is 4.29. The molecule has 4 aliphatic heterocycles. The largest absolute Gasteiger partial charge is 0.477 e. The lowest BCUT2D eigenvalue weighted by Crippen LogP contribution is -2.66. The summed E-state index contributed by atoms with van der Waals surface area (Å²) in [5.41, 5.74) is 5.80. The number of thioether (sulfide) groups is 1. The summed E-state index contributed by atoms with van der Waals surface area (Å²) in [4.78, 5) is 52.5. The van der Waals surface area contributed by atoms with Crippen LogP contribution in [0.15, 0.2) is 10.6 Å². The van der Waals surface area contributed by atoms with E-state index in [-0.39, 0.29) is 34.9 Å². The Bertz CT molecular complexity index is 933. The van der Waals surface area contributed by atoms with Gasteiger partial charge < -0.3 is 31.3 Å². The molecule has 0 radical (unpaired) electrons. The van der Waals surface area contributed by atoms with E-state index in [0.717, 1.165) is 6.42 Å². The number of hydrogen-bond acceptors (Lipinski definition) is 7. The number of nitrogens with two attached hydrogens (primary N) is 1. The smallest absolute Gasteiger partial charge is 0.353 e. The van der Waals surface area contributed by atoms with Crippen LogP contribution in [0.3, 0.4) is 0 Å². The minimum atomic E-state index is -3.20. The first-order valence-electron chi connectivity index (χ1n) is 11.3. The van der Waals surface area contributed by atoms with Gasteiger partial charge in [-0.15, -0.1) is 11.8 Å². The fourth-order valence-electron chi connectivity index (χ4n) is 5.44. The van der Waals surface area contributed by atoms with Gasteiger partial charge in [0.25, 0.3) is 5.91 Å². The van der Waals surface area contributed by atoms with Crippen LogP contribution in [0.1, 0.15) is 26.7 Å². The van der Waals surface area contributed by atoms with Crippen molar-refractivity contribution in [1.82, 2.24) is 20.4 Å². The summed E-state index contributed by atoms with van der Waals surface area (Å²) in [6.07, 6.45) is -1.91. The van der Waals surface area contributed by atoms with E-state index in [2.05, 4.69) is 10.6 Å². The molecule has 34 heavy (non-hydrogen) atoms. The van der Waals surface area contributed by atoms with E-state index >= 15 is 0 Å². The molecule has 3 amide bonds. The first kappa shape index (κ1) is 24.9. The second kappa shape index (κ2) is 9.42. The number of aliphatic carboxylic acids is 1. The highest BCUT2D eigenvalue weighted by Crippen LogP contribution is 2.51. The van der Waals surface area contributed by atoms with Crippen molar-refractivity contribution in [3.63, 3.8) is 0 Å². The molecule has 7 atom stereocenters. The number of carbonyl (C=O) groups is 4. The maximum absolute atomic E-state index is 12.8. The predicted molar refractivity (Wildman–Crippen MR) is 119 cm³/mol. The van der Waals surface area contributed by atoms with Gasteiger partial charge in [-0.05, 0) is 19.8 Å². The van der Waals surface area contributed by atoms with Gasteiger partial charge in [0.1, 0.15) is 5.70 Å². The summed E-state index contributed by atoms with van der Waals surface area (Å²) in [5.74, 6) is -4.35. The Morgan fingerprint density at radius 1 is 1.32 bits per heavy atom. The zero-order valence-corrected chi connectivity index (χ0v) is 19.7. The van der Waals surface area contributed by atoms with Crippen LogP contribution in [0.25, 0.3) is 0 Å². The Labute approximate surface area is 199 Å². The zero-order chi connectivity index (χ0) is 24.9. The van der Waals surface area contributed by atoms with E-state index in [4.69, 9.17) is 5.73 Å². The highest BCUT2D eigenvalue weighted by Gasteiger charge is 2.60. The number of fused-ring (bicyclic) bond motifs is 1. The lowest BCUT2D eigenvalue weighted by Gasteiger charge is -2.47. The van der Waals surface area contributed by atoms with Crippen LogP contribution >= 0.6 is 11.8 Å². The average Bonchev–Trinajstić information content (AvgIpc) is 3.46. The molecule has 10 nitrogen and oxygen atoms in total. The molecule has 0 aliphatic carbocycles. The van der Waals surface area contributed by atoms with Crippen LogP contribution in [0, 0.1) is 11.8 Å². The number of carboxylic acids is 1. The Hall–Kier alpha value is -2.25. The van der Waals surface area contributed by atoms with E-state index in [1.807, 2.05) is 0 Å². The van der Waals surface area contributed by atoms with Gasteiger partial charge in [-0.25, -0.2) is 4.79 Å². The van der Waals surface area contributed by atoms with Crippen molar-refractivity contribution in [2.45, 2.75) is 62.5 Å². The lowest BCUT2D eigenvalue weighted by molar-refractivity contribution is -0.159. The van der Waals surface area contributed by atoms with Crippen LogP contribution in [-0.2, 0) is 19.2 Å². The minimum Gasteiger partial charge on any atom is -0.477 e. The van der Waals surface area contributed by atoms with Gasteiger partial charge in [-0.2, -0.15) is 8.78 Å². The highest BCUT2D eigenvalue weighted by molar-refractivity contribution is 8.03. The number of nitrogens with one attached hydrogen (secondary N) is 2. The van der Waals surface area contributed by atoms with Crippen molar-refractivity contribution >= 4 is 35.5 Å². The quantitative estimate of drug-likeness (QED) is 0.344. The number of amides is 3. The molecule has 4 aliphatic rings. The molecule has 188 valence electrons. The van der Waals surface area contributed by atoms with Gasteiger partial charge in [-0.1, -0.05) is 6.92 Å². The van der Waals surface area contributed by atoms with Gasteiger partial charge >= 0.3 is 12.4 Å². The summed E-state index contributed by atoms with van der Waals surface area (Å²) < 4.78 is 25.3. The van der Waals surface area contributed by atoms with Crippen molar-refractivity contribution in [3.8, 4) is 0 Å². The normalized spacial score (nSPS) is 33.9. The number of carboxylic acid groups (broad SMARTS) is 1. The molecule has 0 aromatic carbocycles. The molecule has 0 saturated carbocycles. The second-order valence-electron chi connectivity index (χ2n) is 9.40. The van der Waals surface area contributed by atoms with Gasteiger partial charge in [0.05, 0.1) is 18.0 Å². The molecule has 4 rings (SSSR count). The van der Waals surface area contributed by atoms with Crippen molar-refractivity contribution in [2.75, 3.05) is 19.6 Å². The molecule has 5 N–H and O–H groups in total. The van der Waals surface area contributed by atoms with Crippen LogP contribution in [0.2, 0.25) is 0 Å². The number of hydrogen-bond donors (Lipinski definition) is 4. The number of β-lactam (4-membered cyclic amide) rings is 1. The molecule has 4 heterocycles. The first-order valence-corrected chi connectivity index (χ1v) is 12.2. The zero-order valence-electron chi connectivity index (χ0n) is 18.9. The molecule has 13 heteroatoms. The van der Waals surface area contributed by atoms with Gasteiger partial charge in [0.15, 0.2) is 0 Å². The Balaban J connectivity index is 1.44. The molecule has 0 aromatic rings. The van der Waals surface area contributed by atoms with Crippen LogP contribution in [0.5, 0.6) is 0 Å². The third-order valence-electron chi connectivity index (χ3n) is 7.12. The summed E-state index contributed by atoms with van der Waals surface area (Å²) in [5, 5.41) is 15.1. The van der Waals surface area contributed by atoms with E-state index in [1.165, 1.54) is 23.6 Å². The topological polar surface area (TPSA) is 145 Å². The molecule has 3 saturated heterocycles. The Kier molecular flexibility index (Phi) is 6.89. The molecule has 0 bridgehead atoms. The SMILES string of the molecule is C[C@@H](NC(=O)C(F)F)[C@H]1C(=O)N2C(C(=O)O)=C(S[C@@H]3CN[C@H](C(=O)N4CC[C@@H](N)C4)C3)[C@H](C)[C@H]12. The molecule has 0 aromatic heterocycles. The van der Waals surface area contributed by atoms with Crippen molar-refractivity contribution in [2.24, 2.45) is 17.6 Å². The van der Waals surface area contributed by atoms with Crippen LogP contribution in [-0.4, -0.2) is 94.1 Å². The second-order valence-corrected chi connectivity index (χ2v) is 10.7.